The van der Waals surface area contributed by atoms with Gasteiger partial charge in [-0.1, -0.05) is 19.8 Å². The molecule has 2 rings (SSSR count). The topological polar surface area (TPSA) is 61.9 Å². The fraction of sp³-hybridized carbons (Fsp3) is 0.615. The lowest BCUT2D eigenvalue weighted by Crippen LogP contribution is -2.34. The molecule has 1 amide bonds. The van der Waals surface area contributed by atoms with Crippen molar-refractivity contribution in [1.82, 2.24) is 20.1 Å². The zero-order valence-corrected chi connectivity index (χ0v) is 10.8. The molecule has 1 heterocycles. The van der Waals surface area contributed by atoms with E-state index in [0.29, 0.717) is 19.0 Å². The standard InChI is InChI=1S/C13H18N4O/c1-4-7-17(8-10-5-6-10)13(18)12-14-11(9(2)3)15-16-12/h1,9-10H,5-8H2,2-3H3,(H,14,15,16). The summed E-state index contributed by atoms with van der Waals surface area (Å²) in [6.07, 6.45) is 7.66. The summed E-state index contributed by atoms with van der Waals surface area (Å²) in [7, 11) is 0. The second-order valence-corrected chi connectivity index (χ2v) is 5.03. The summed E-state index contributed by atoms with van der Waals surface area (Å²) in [5, 5.41) is 6.76. The van der Waals surface area contributed by atoms with Crippen molar-refractivity contribution in [2.24, 2.45) is 5.92 Å². The molecule has 0 radical (unpaired) electrons. The quantitative estimate of drug-likeness (QED) is 0.799. The Morgan fingerprint density at radius 2 is 2.33 bits per heavy atom. The Bertz CT molecular complexity index is 468. The van der Waals surface area contributed by atoms with Gasteiger partial charge in [0.05, 0.1) is 6.54 Å². The second-order valence-electron chi connectivity index (χ2n) is 5.03. The number of rotatable bonds is 5. The van der Waals surface area contributed by atoms with Crippen molar-refractivity contribution >= 4 is 5.91 Å². The third-order valence-corrected chi connectivity index (χ3v) is 2.99. The fourth-order valence-corrected chi connectivity index (χ4v) is 1.71. The largest absolute Gasteiger partial charge is 0.324 e. The average Bonchev–Trinajstić information content (AvgIpc) is 3.01. The number of aromatic nitrogens is 3. The van der Waals surface area contributed by atoms with Gasteiger partial charge < -0.3 is 4.90 Å². The van der Waals surface area contributed by atoms with E-state index in [2.05, 4.69) is 21.1 Å². The molecular formula is C13H18N4O. The van der Waals surface area contributed by atoms with Gasteiger partial charge >= 0.3 is 0 Å². The van der Waals surface area contributed by atoms with Gasteiger partial charge in [-0.25, -0.2) is 4.98 Å². The molecule has 0 spiro atoms. The van der Waals surface area contributed by atoms with Crippen LogP contribution in [0, 0.1) is 18.3 Å². The maximum absolute atomic E-state index is 12.2. The Labute approximate surface area is 107 Å². The van der Waals surface area contributed by atoms with E-state index in [-0.39, 0.29) is 17.6 Å². The summed E-state index contributed by atoms with van der Waals surface area (Å²) >= 11 is 0. The van der Waals surface area contributed by atoms with Gasteiger partial charge in [0.1, 0.15) is 5.82 Å². The molecule has 0 bridgehead atoms. The van der Waals surface area contributed by atoms with Gasteiger partial charge in [0.2, 0.25) is 5.82 Å². The molecule has 1 saturated carbocycles. The Kier molecular flexibility index (Phi) is 3.66. The number of hydrogen-bond donors (Lipinski definition) is 1. The van der Waals surface area contributed by atoms with Crippen LogP contribution in [0.4, 0.5) is 0 Å². The summed E-state index contributed by atoms with van der Waals surface area (Å²) in [6, 6.07) is 0. The molecule has 0 saturated heterocycles. The van der Waals surface area contributed by atoms with Crippen LogP contribution in [0.1, 0.15) is 49.1 Å². The highest BCUT2D eigenvalue weighted by Gasteiger charge is 2.28. The molecule has 0 unspecified atom stereocenters. The molecule has 0 aromatic carbocycles. The Balaban J connectivity index is 2.08. The van der Waals surface area contributed by atoms with E-state index in [1.54, 1.807) is 4.90 Å². The minimum Gasteiger partial charge on any atom is -0.324 e. The van der Waals surface area contributed by atoms with Gasteiger partial charge in [-0.2, -0.15) is 0 Å². The van der Waals surface area contributed by atoms with Crippen LogP contribution in [-0.4, -0.2) is 39.1 Å². The molecule has 5 heteroatoms. The maximum Gasteiger partial charge on any atom is 0.294 e. The summed E-state index contributed by atoms with van der Waals surface area (Å²) in [4.78, 5) is 18.1. The summed E-state index contributed by atoms with van der Waals surface area (Å²) in [6.45, 7) is 5.03. The normalized spacial score (nSPS) is 14.6. The van der Waals surface area contributed by atoms with Gasteiger partial charge in [0.25, 0.3) is 5.91 Å². The molecular weight excluding hydrogens is 228 g/mol. The molecule has 0 atom stereocenters. The van der Waals surface area contributed by atoms with Crippen LogP contribution in [0.25, 0.3) is 0 Å². The van der Waals surface area contributed by atoms with Gasteiger partial charge in [-0.3, -0.25) is 9.89 Å². The third-order valence-electron chi connectivity index (χ3n) is 2.99. The zero-order chi connectivity index (χ0) is 13.1. The van der Waals surface area contributed by atoms with Crippen LogP contribution in [-0.2, 0) is 0 Å². The predicted octanol–water partition coefficient (Wildman–Crippen LogP) is 1.41. The summed E-state index contributed by atoms with van der Waals surface area (Å²) < 4.78 is 0. The van der Waals surface area contributed by atoms with Crippen LogP contribution in [0.2, 0.25) is 0 Å². The van der Waals surface area contributed by atoms with E-state index >= 15 is 0 Å². The van der Waals surface area contributed by atoms with Crippen molar-refractivity contribution in [3.05, 3.63) is 11.6 Å². The Morgan fingerprint density at radius 3 is 2.83 bits per heavy atom. The number of carbonyl (C=O) groups is 1. The van der Waals surface area contributed by atoms with Crippen molar-refractivity contribution < 1.29 is 4.79 Å². The first-order valence-corrected chi connectivity index (χ1v) is 6.26. The number of terminal acetylenes is 1. The first-order chi connectivity index (χ1) is 8.61. The van der Waals surface area contributed by atoms with Crippen LogP contribution in [0.3, 0.4) is 0 Å². The molecule has 1 N–H and O–H groups in total. The first kappa shape index (κ1) is 12.6. The summed E-state index contributed by atoms with van der Waals surface area (Å²) in [5.41, 5.74) is 0. The number of nitrogens with one attached hydrogen (secondary N) is 1. The number of carbonyl (C=O) groups excluding carboxylic acids is 1. The molecule has 1 fully saturated rings. The van der Waals surface area contributed by atoms with E-state index in [1.165, 1.54) is 12.8 Å². The van der Waals surface area contributed by atoms with Crippen LogP contribution in [0.15, 0.2) is 0 Å². The molecule has 5 nitrogen and oxygen atoms in total. The monoisotopic (exact) mass is 246 g/mol. The lowest BCUT2D eigenvalue weighted by molar-refractivity contribution is 0.0758. The lowest BCUT2D eigenvalue weighted by Gasteiger charge is -2.17. The number of hydrogen-bond acceptors (Lipinski definition) is 3. The van der Waals surface area contributed by atoms with E-state index < -0.39 is 0 Å². The zero-order valence-electron chi connectivity index (χ0n) is 10.8. The molecule has 1 aromatic heterocycles. The van der Waals surface area contributed by atoms with Crippen LogP contribution < -0.4 is 0 Å². The molecule has 1 aliphatic rings. The fourth-order valence-electron chi connectivity index (χ4n) is 1.71. The third kappa shape index (κ3) is 2.89. The Morgan fingerprint density at radius 1 is 1.61 bits per heavy atom. The molecule has 18 heavy (non-hydrogen) atoms. The number of H-pyrrole nitrogens is 1. The van der Waals surface area contributed by atoms with Crippen LogP contribution >= 0.6 is 0 Å². The van der Waals surface area contributed by atoms with E-state index in [0.717, 1.165) is 5.82 Å². The van der Waals surface area contributed by atoms with Crippen molar-refractivity contribution in [2.75, 3.05) is 13.1 Å². The van der Waals surface area contributed by atoms with Gasteiger partial charge in [-0.05, 0) is 18.8 Å². The summed E-state index contributed by atoms with van der Waals surface area (Å²) in [5.74, 6) is 4.12. The smallest absolute Gasteiger partial charge is 0.294 e. The first-order valence-electron chi connectivity index (χ1n) is 6.26. The highest BCUT2D eigenvalue weighted by atomic mass is 16.2. The highest BCUT2D eigenvalue weighted by Crippen LogP contribution is 2.29. The van der Waals surface area contributed by atoms with E-state index in [4.69, 9.17) is 6.42 Å². The molecule has 1 aromatic rings. The molecule has 1 aliphatic carbocycles. The van der Waals surface area contributed by atoms with Crippen molar-refractivity contribution in [1.29, 1.82) is 0 Å². The predicted molar refractivity (Wildman–Crippen MR) is 67.9 cm³/mol. The lowest BCUT2D eigenvalue weighted by atomic mass is 10.2. The van der Waals surface area contributed by atoms with E-state index in [1.807, 2.05) is 13.8 Å². The van der Waals surface area contributed by atoms with Crippen molar-refractivity contribution in [3.63, 3.8) is 0 Å². The maximum atomic E-state index is 12.2. The second kappa shape index (κ2) is 5.21. The van der Waals surface area contributed by atoms with Gasteiger partial charge in [0, 0.05) is 12.5 Å². The minimum absolute atomic E-state index is 0.178. The molecule has 96 valence electrons. The van der Waals surface area contributed by atoms with Gasteiger partial charge in [-0.15, -0.1) is 11.5 Å². The number of amides is 1. The highest BCUT2D eigenvalue weighted by molar-refractivity contribution is 5.90. The van der Waals surface area contributed by atoms with E-state index in [9.17, 15) is 4.79 Å². The SMILES string of the molecule is C#CCN(CC1CC1)C(=O)c1n[nH]c(C(C)C)n1. The molecule has 0 aliphatic heterocycles. The minimum atomic E-state index is -0.178. The Hall–Kier alpha value is -1.83. The number of aromatic amines is 1. The van der Waals surface area contributed by atoms with Gasteiger partial charge in [0.15, 0.2) is 0 Å². The average molecular weight is 246 g/mol. The number of nitrogens with zero attached hydrogens (tertiary/aromatic N) is 3. The van der Waals surface area contributed by atoms with Crippen molar-refractivity contribution in [3.8, 4) is 12.3 Å². The van der Waals surface area contributed by atoms with Crippen LogP contribution in [0.5, 0.6) is 0 Å². The van der Waals surface area contributed by atoms with Crippen molar-refractivity contribution in [2.45, 2.75) is 32.6 Å².